The molecule has 4 rings (SSSR count). The summed E-state index contributed by atoms with van der Waals surface area (Å²) in [5.74, 6) is 1.93. The Morgan fingerprint density at radius 3 is 1.37 bits per heavy atom. The fraction of sp³-hybridized carbons (Fsp3) is 0.400. The van der Waals surface area contributed by atoms with Crippen molar-refractivity contribution in [1.29, 1.82) is 0 Å². The number of ether oxygens (including phenoxy) is 2. The molecule has 0 amide bonds. The zero-order valence-electron chi connectivity index (χ0n) is 16.8. The molecule has 0 aliphatic carbocycles. The number of thiophene rings is 3. The molecule has 0 unspecified atom stereocenters. The van der Waals surface area contributed by atoms with E-state index in [0.717, 1.165) is 11.5 Å². The van der Waals surface area contributed by atoms with Crippen molar-refractivity contribution in [2.24, 2.45) is 0 Å². The molecule has 144 valence electrons. The van der Waals surface area contributed by atoms with Gasteiger partial charge >= 0.3 is 184 Å². The zero-order valence-corrected chi connectivity index (χ0v) is 24.9. The molecular formula is C20H26O2S3Sn2. The van der Waals surface area contributed by atoms with Gasteiger partial charge in [0.05, 0.1) is 0 Å². The predicted octanol–water partition coefficient (Wildman–Crippen LogP) is 6.07. The summed E-state index contributed by atoms with van der Waals surface area (Å²) in [7, 11) is 0. The van der Waals surface area contributed by atoms with Crippen LogP contribution in [-0.2, 0) is 0 Å². The maximum atomic E-state index is 6.11. The second kappa shape index (κ2) is 7.52. The molecule has 0 N–H and O–H groups in total. The Morgan fingerprint density at radius 1 is 0.630 bits per heavy atom. The Hall–Kier alpha value is 0.297. The van der Waals surface area contributed by atoms with Gasteiger partial charge in [-0.2, -0.15) is 0 Å². The van der Waals surface area contributed by atoms with Crippen LogP contribution in [0.15, 0.2) is 24.3 Å². The van der Waals surface area contributed by atoms with Gasteiger partial charge in [0.1, 0.15) is 0 Å². The van der Waals surface area contributed by atoms with Crippen molar-refractivity contribution >= 4 is 76.6 Å². The van der Waals surface area contributed by atoms with Crippen LogP contribution in [0.4, 0.5) is 0 Å². The number of hydrogen-bond donors (Lipinski definition) is 0. The van der Waals surface area contributed by atoms with E-state index in [1.165, 1.54) is 19.5 Å². The van der Waals surface area contributed by atoms with Gasteiger partial charge in [0.25, 0.3) is 0 Å². The van der Waals surface area contributed by atoms with Crippen molar-refractivity contribution < 1.29 is 9.47 Å². The molecule has 3 aromatic heterocycles. The molecule has 7 heteroatoms. The number of hydrogen-bond acceptors (Lipinski definition) is 5. The Morgan fingerprint density at radius 2 is 1.04 bits per heavy atom. The van der Waals surface area contributed by atoms with Crippen LogP contribution in [0.1, 0.15) is 0 Å². The average molecular weight is 632 g/mol. The van der Waals surface area contributed by atoms with Crippen molar-refractivity contribution in [3.63, 3.8) is 0 Å². The van der Waals surface area contributed by atoms with E-state index in [0.29, 0.717) is 13.2 Å². The summed E-state index contributed by atoms with van der Waals surface area (Å²) in [6.07, 6.45) is 0. The average Bonchev–Trinajstić information content (AvgIpc) is 3.30. The first-order valence-electron chi connectivity index (χ1n) is 9.28. The van der Waals surface area contributed by atoms with Gasteiger partial charge in [-0.05, 0) is 0 Å². The summed E-state index contributed by atoms with van der Waals surface area (Å²) in [5.41, 5.74) is 0. The van der Waals surface area contributed by atoms with Gasteiger partial charge in [0.2, 0.25) is 0 Å². The van der Waals surface area contributed by atoms with Gasteiger partial charge < -0.3 is 0 Å². The molecule has 0 atom stereocenters. The summed E-state index contributed by atoms with van der Waals surface area (Å²) in [6, 6.07) is 9.29. The SMILES string of the molecule is [CH3][Sn]([CH3])([CH3])[c]1ccc(-c2sc(-c3cc[c]([Sn]([CH3])([CH3])[CH3])s3)c3c2OCCO3)s1. The van der Waals surface area contributed by atoms with Crippen molar-refractivity contribution in [3.8, 4) is 31.0 Å². The Balaban J connectivity index is 1.81. The summed E-state index contributed by atoms with van der Waals surface area (Å²) < 4.78 is 15.4. The van der Waals surface area contributed by atoms with Crippen molar-refractivity contribution in [1.82, 2.24) is 0 Å². The van der Waals surface area contributed by atoms with Crippen LogP contribution < -0.4 is 15.3 Å². The van der Waals surface area contributed by atoms with E-state index in [1.54, 1.807) is 5.79 Å². The third kappa shape index (κ3) is 4.13. The van der Waals surface area contributed by atoms with Crippen LogP contribution in [0.25, 0.3) is 19.5 Å². The summed E-state index contributed by atoms with van der Waals surface area (Å²) in [6.45, 7) is 1.28. The molecule has 27 heavy (non-hydrogen) atoms. The first-order chi connectivity index (χ1) is 12.6. The molecule has 0 bridgehead atoms. The minimum absolute atomic E-state index is 0.640. The molecule has 4 heterocycles. The number of fused-ring (bicyclic) bond motifs is 1. The van der Waals surface area contributed by atoms with E-state index in [1.807, 2.05) is 34.0 Å². The van der Waals surface area contributed by atoms with Crippen LogP contribution in [0.5, 0.6) is 11.5 Å². The van der Waals surface area contributed by atoms with Crippen LogP contribution in [0.2, 0.25) is 29.6 Å². The second-order valence-corrected chi connectivity index (χ2v) is 43.0. The third-order valence-electron chi connectivity index (χ3n) is 4.54. The topological polar surface area (TPSA) is 18.5 Å². The monoisotopic (exact) mass is 634 g/mol. The van der Waals surface area contributed by atoms with E-state index >= 15 is 0 Å². The fourth-order valence-corrected chi connectivity index (χ4v) is 17.0. The molecule has 2 nitrogen and oxygen atoms in total. The van der Waals surface area contributed by atoms with Gasteiger partial charge in [-0.25, -0.2) is 0 Å². The van der Waals surface area contributed by atoms with E-state index in [2.05, 4.69) is 53.9 Å². The predicted molar refractivity (Wildman–Crippen MR) is 128 cm³/mol. The van der Waals surface area contributed by atoms with Crippen molar-refractivity contribution in [2.75, 3.05) is 13.2 Å². The fourth-order valence-electron chi connectivity index (χ4n) is 3.00. The van der Waals surface area contributed by atoms with Crippen LogP contribution in [-0.4, -0.2) is 50.0 Å². The molecule has 0 radical (unpaired) electrons. The molecule has 3 aromatic rings. The van der Waals surface area contributed by atoms with Crippen LogP contribution in [0, 0.1) is 0 Å². The summed E-state index contributed by atoms with van der Waals surface area (Å²) in [5, 5.41) is 0. The van der Waals surface area contributed by atoms with Gasteiger partial charge in [0.15, 0.2) is 0 Å². The third-order valence-corrected chi connectivity index (χ3v) is 27.2. The van der Waals surface area contributed by atoms with Crippen molar-refractivity contribution in [3.05, 3.63) is 24.3 Å². The Bertz CT molecular complexity index is 894. The van der Waals surface area contributed by atoms with E-state index < -0.39 is 36.8 Å². The van der Waals surface area contributed by atoms with Crippen LogP contribution >= 0.6 is 34.0 Å². The second-order valence-electron chi connectivity index (χ2n) is 8.94. The van der Waals surface area contributed by atoms with Crippen molar-refractivity contribution in [2.45, 2.75) is 29.6 Å². The standard InChI is InChI=1S/C14H8O2S3.6CH3.2Sn/c1-3-9(17-7-1)13-11-12(16-6-5-15-11)14(19-13)10-4-2-8-18-10;;;;;;;;/h1-4H,5-6H2;6*1H3;;. The minimum atomic E-state index is -2.05. The summed E-state index contributed by atoms with van der Waals surface area (Å²) >= 11 is 1.69. The Kier molecular flexibility index (Phi) is 5.73. The van der Waals surface area contributed by atoms with E-state index in [9.17, 15) is 0 Å². The molecular weight excluding hydrogens is 606 g/mol. The molecule has 1 aliphatic rings. The molecule has 0 spiro atoms. The molecule has 1 aliphatic heterocycles. The molecule has 0 fully saturated rings. The molecule has 0 saturated carbocycles. The first kappa shape index (κ1) is 20.6. The number of rotatable bonds is 4. The van der Waals surface area contributed by atoms with Gasteiger partial charge in [-0.15, -0.1) is 0 Å². The van der Waals surface area contributed by atoms with Gasteiger partial charge in [0, 0.05) is 0 Å². The normalized spacial score (nSPS) is 14.6. The van der Waals surface area contributed by atoms with E-state index in [-0.39, 0.29) is 0 Å². The zero-order chi connectivity index (χ0) is 19.4. The summed E-state index contributed by atoms with van der Waals surface area (Å²) in [4.78, 5) is 20.0. The molecule has 0 saturated heterocycles. The Labute approximate surface area is 182 Å². The molecule has 0 aromatic carbocycles. The van der Waals surface area contributed by atoms with Gasteiger partial charge in [-0.3, -0.25) is 0 Å². The maximum absolute atomic E-state index is 6.11. The van der Waals surface area contributed by atoms with E-state index in [4.69, 9.17) is 9.47 Å². The van der Waals surface area contributed by atoms with Crippen LogP contribution in [0.3, 0.4) is 0 Å². The quantitative estimate of drug-likeness (QED) is 0.326. The first-order valence-corrected chi connectivity index (χ1v) is 31.7. The van der Waals surface area contributed by atoms with Gasteiger partial charge in [-0.1, -0.05) is 0 Å².